The Morgan fingerprint density at radius 2 is 2.28 bits per heavy atom. The van der Waals surface area contributed by atoms with Crippen LogP contribution in [0.1, 0.15) is 17.1 Å². The number of carboxylic acid groups (broad SMARTS) is 1. The number of rotatable bonds is 4. The third kappa shape index (κ3) is 2.58. The minimum Gasteiger partial charge on any atom is -0.481 e. The molecule has 0 radical (unpaired) electrons. The number of nitrogens with zero attached hydrogens (tertiary/aromatic N) is 5. The monoisotopic (exact) mass is 313 g/mol. The van der Waals surface area contributed by atoms with Crippen LogP contribution in [0.3, 0.4) is 0 Å². The predicted molar refractivity (Wildman–Crippen MR) is 66.1 cm³/mol. The Balaban J connectivity index is 2.18. The third-order valence-corrected chi connectivity index (χ3v) is 3.52. The Labute approximate surface area is 112 Å². The van der Waals surface area contributed by atoms with Gasteiger partial charge in [-0.2, -0.15) is 5.10 Å². The smallest absolute Gasteiger partial charge is 0.309 e. The van der Waals surface area contributed by atoms with Crippen molar-refractivity contribution in [2.45, 2.75) is 19.9 Å². The van der Waals surface area contributed by atoms with Crippen LogP contribution in [0, 0.1) is 6.92 Å². The average Bonchev–Trinajstić information content (AvgIpc) is 2.79. The highest BCUT2D eigenvalue weighted by Crippen LogP contribution is 2.20. The number of aromatic nitrogens is 5. The fourth-order valence-corrected chi connectivity index (χ4v) is 2.12. The Bertz CT molecular complexity index is 589. The second-order valence-corrected chi connectivity index (χ2v) is 4.74. The fourth-order valence-electron chi connectivity index (χ4n) is 1.66. The minimum atomic E-state index is -0.917. The first-order valence-corrected chi connectivity index (χ1v) is 6.05. The topological polar surface area (TPSA) is 85.8 Å². The normalized spacial score (nSPS) is 10.8. The molecule has 0 aliphatic heterocycles. The molecule has 0 amide bonds. The number of hydrogen-bond acceptors (Lipinski definition) is 4. The van der Waals surface area contributed by atoms with E-state index in [1.54, 1.807) is 15.6 Å². The van der Waals surface area contributed by atoms with Gasteiger partial charge < -0.3 is 5.11 Å². The van der Waals surface area contributed by atoms with Crippen LogP contribution in [0.5, 0.6) is 0 Å². The fraction of sp³-hybridized carbons (Fsp3) is 0.400. The third-order valence-electron chi connectivity index (χ3n) is 2.49. The number of aliphatic carboxylic acids is 1. The molecule has 7 nitrogen and oxygen atoms in total. The van der Waals surface area contributed by atoms with Crippen LogP contribution in [-0.4, -0.2) is 35.9 Å². The minimum absolute atomic E-state index is 0.119. The second-order valence-electron chi connectivity index (χ2n) is 3.95. The lowest BCUT2D eigenvalue weighted by Gasteiger charge is -2.02. The molecule has 1 N–H and O–H groups in total. The summed E-state index contributed by atoms with van der Waals surface area (Å²) in [5, 5.41) is 20.6. The molecule has 2 rings (SSSR count). The molecule has 0 aromatic carbocycles. The van der Waals surface area contributed by atoms with Crippen molar-refractivity contribution in [2.75, 3.05) is 0 Å². The summed E-state index contributed by atoms with van der Waals surface area (Å²) >= 11 is 3.47. The van der Waals surface area contributed by atoms with E-state index >= 15 is 0 Å². The zero-order valence-corrected chi connectivity index (χ0v) is 11.5. The van der Waals surface area contributed by atoms with Gasteiger partial charge in [-0.25, -0.2) is 4.68 Å². The standard InChI is InChI=1S/C10H12BrN5O2/c1-6-10(11)8(15(2)13-6)5-16-4-7(12-14-16)3-9(17)18/h4H,3,5H2,1-2H3,(H,17,18). The van der Waals surface area contributed by atoms with Crippen LogP contribution in [0.2, 0.25) is 0 Å². The van der Waals surface area contributed by atoms with Crippen LogP contribution in [-0.2, 0) is 24.8 Å². The predicted octanol–water partition coefficient (Wildman–Crippen LogP) is 0.758. The average molecular weight is 314 g/mol. The second kappa shape index (κ2) is 4.89. The van der Waals surface area contributed by atoms with Gasteiger partial charge in [-0.05, 0) is 22.9 Å². The van der Waals surface area contributed by atoms with E-state index in [1.807, 2.05) is 14.0 Å². The SMILES string of the molecule is Cc1nn(C)c(Cn2cc(CC(=O)O)nn2)c1Br. The molecule has 0 aliphatic rings. The van der Waals surface area contributed by atoms with Gasteiger partial charge in [0.15, 0.2) is 0 Å². The van der Waals surface area contributed by atoms with Gasteiger partial charge in [-0.1, -0.05) is 5.21 Å². The van der Waals surface area contributed by atoms with E-state index in [1.165, 1.54) is 0 Å². The quantitative estimate of drug-likeness (QED) is 0.900. The molecule has 2 heterocycles. The Hall–Kier alpha value is -1.70. The molecule has 0 saturated heterocycles. The van der Waals surface area contributed by atoms with Gasteiger partial charge in [0.2, 0.25) is 0 Å². The molecule has 2 aromatic heterocycles. The van der Waals surface area contributed by atoms with Crippen molar-refractivity contribution in [1.29, 1.82) is 0 Å². The lowest BCUT2D eigenvalue weighted by atomic mass is 10.3. The van der Waals surface area contributed by atoms with E-state index in [2.05, 4.69) is 31.3 Å². The number of hydrogen-bond donors (Lipinski definition) is 1. The molecule has 18 heavy (non-hydrogen) atoms. The Morgan fingerprint density at radius 3 is 2.83 bits per heavy atom. The molecule has 0 aliphatic carbocycles. The van der Waals surface area contributed by atoms with E-state index in [-0.39, 0.29) is 6.42 Å². The lowest BCUT2D eigenvalue weighted by Crippen LogP contribution is -2.06. The van der Waals surface area contributed by atoms with E-state index in [4.69, 9.17) is 5.11 Å². The first-order valence-electron chi connectivity index (χ1n) is 5.26. The van der Waals surface area contributed by atoms with Crippen molar-refractivity contribution in [3.63, 3.8) is 0 Å². The highest BCUT2D eigenvalue weighted by Gasteiger charge is 2.12. The number of aryl methyl sites for hydroxylation is 2. The van der Waals surface area contributed by atoms with E-state index < -0.39 is 5.97 Å². The van der Waals surface area contributed by atoms with Crippen molar-refractivity contribution >= 4 is 21.9 Å². The van der Waals surface area contributed by atoms with Crippen LogP contribution < -0.4 is 0 Å². The molecule has 0 saturated carbocycles. The molecule has 0 bridgehead atoms. The molecular formula is C10H12BrN5O2. The summed E-state index contributed by atoms with van der Waals surface area (Å²) in [6, 6.07) is 0. The number of carbonyl (C=O) groups is 1. The molecule has 96 valence electrons. The maximum atomic E-state index is 10.5. The number of carboxylic acids is 1. The zero-order chi connectivity index (χ0) is 13.3. The molecule has 2 aromatic rings. The van der Waals surface area contributed by atoms with Crippen LogP contribution in [0.15, 0.2) is 10.7 Å². The maximum absolute atomic E-state index is 10.5. The van der Waals surface area contributed by atoms with Crippen LogP contribution >= 0.6 is 15.9 Å². The van der Waals surface area contributed by atoms with Gasteiger partial charge in [-0.3, -0.25) is 9.48 Å². The van der Waals surface area contributed by atoms with E-state index in [0.29, 0.717) is 12.2 Å². The van der Waals surface area contributed by atoms with Crippen molar-refractivity contribution in [3.05, 3.63) is 27.8 Å². The van der Waals surface area contributed by atoms with Gasteiger partial charge in [0.1, 0.15) is 0 Å². The van der Waals surface area contributed by atoms with Gasteiger partial charge in [-0.15, -0.1) is 5.10 Å². The summed E-state index contributed by atoms with van der Waals surface area (Å²) < 4.78 is 4.29. The van der Waals surface area contributed by atoms with Gasteiger partial charge in [0, 0.05) is 13.2 Å². The van der Waals surface area contributed by atoms with Crippen molar-refractivity contribution in [2.24, 2.45) is 7.05 Å². The maximum Gasteiger partial charge on any atom is 0.309 e. The van der Waals surface area contributed by atoms with Crippen LogP contribution in [0.4, 0.5) is 0 Å². The summed E-state index contributed by atoms with van der Waals surface area (Å²) in [7, 11) is 1.85. The largest absolute Gasteiger partial charge is 0.481 e. The highest BCUT2D eigenvalue weighted by molar-refractivity contribution is 9.10. The van der Waals surface area contributed by atoms with Gasteiger partial charge >= 0.3 is 5.97 Å². The van der Waals surface area contributed by atoms with Crippen molar-refractivity contribution < 1.29 is 9.90 Å². The summed E-state index contributed by atoms with van der Waals surface area (Å²) in [4.78, 5) is 10.5. The molecule has 8 heteroatoms. The first-order chi connectivity index (χ1) is 8.47. The van der Waals surface area contributed by atoms with Crippen molar-refractivity contribution in [3.8, 4) is 0 Å². The summed E-state index contributed by atoms with van der Waals surface area (Å²) in [6.45, 7) is 2.40. The van der Waals surface area contributed by atoms with Crippen molar-refractivity contribution in [1.82, 2.24) is 24.8 Å². The number of halogens is 1. The molecule has 0 spiro atoms. The van der Waals surface area contributed by atoms with E-state index in [9.17, 15) is 4.79 Å². The zero-order valence-electron chi connectivity index (χ0n) is 9.96. The molecule has 0 atom stereocenters. The molecular weight excluding hydrogens is 302 g/mol. The summed E-state index contributed by atoms with van der Waals surface area (Å²) in [5.41, 5.74) is 2.30. The summed E-state index contributed by atoms with van der Waals surface area (Å²) in [6.07, 6.45) is 1.51. The lowest BCUT2D eigenvalue weighted by molar-refractivity contribution is -0.136. The summed E-state index contributed by atoms with van der Waals surface area (Å²) in [5.74, 6) is -0.917. The van der Waals surface area contributed by atoms with Crippen LogP contribution in [0.25, 0.3) is 0 Å². The van der Waals surface area contributed by atoms with Gasteiger partial charge in [0.05, 0.1) is 34.5 Å². The van der Waals surface area contributed by atoms with Gasteiger partial charge in [0.25, 0.3) is 0 Å². The first kappa shape index (κ1) is 12.7. The molecule has 0 unspecified atom stereocenters. The molecule has 0 fully saturated rings. The Kier molecular flexibility index (Phi) is 3.46. The highest BCUT2D eigenvalue weighted by atomic mass is 79.9. The van der Waals surface area contributed by atoms with E-state index in [0.717, 1.165) is 15.9 Å². The Morgan fingerprint density at radius 1 is 1.56 bits per heavy atom.